The molecule has 1 aliphatic heterocycles. The molecular formula is C19H24N4O. The van der Waals surface area contributed by atoms with E-state index in [-0.39, 0.29) is 0 Å². The van der Waals surface area contributed by atoms with Crippen LogP contribution in [-0.4, -0.2) is 39.3 Å². The van der Waals surface area contributed by atoms with Gasteiger partial charge in [-0.15, -0.1) is 0 Å². The number of ether oxygens (including phenoxy) is 1. The second-order valence-electron chi connectivity index (χ2n) is 6.01. The van der Waals surface area contributed by atoms with Crippen LogP contribution in [0.25, 0.3) is 0 Å². The van der Waals surface area contributed by atoms with Crippen molar-refractivity contribution in [3.05, 3.63) is 60.1 Å². The maximum absolute atomic E-state index is 5.35. The van der Waals surface area contributed by atoms with Crippen molar-refractivity contribution in [2.45, 2.75) is 6.42 Å². The van der Waals surface area contributed by atoms with Gasteiger partial charge >= 0.3 is 0 Å². The molecule has 3 rings (SSSR count). The lowest BCUT2D eigenvalue weighted by Crippen LogP contribution is -2.31. The van der Waals surface area contributed by atoms with E-state index in [4.69, 9.17) is 4.74 Å². The minimum atomic E-state index is 0.828. The van der Waals surface area contributed by atoms with Gasteiger partial charge in [0.25, 0.3) is 0 Å². The number of aromatic nitrogens is 1. The number of hydrogen-bond acceptors (Lipinski definition) is 5. The average molecular weight is 324 g/mol. The first-order valence-corrected chi connectivity index (χ1v) is 8.13. The normalized spacial score (nSPS) is 12.7. The zero-order valence-electron chi connectivity index (χ0n) is 14.5. The largest absolute Gasteiger partial charge is 0.499 e. The second-order valence-corrected chi connectivity index (χ2v) is 6.01. The number of allylic oxidation sites excluding steroid dienone is 1. The molecule has 0 saturated heterocycles. The quantitative estimate of drug-likeness (QED) is 0.884. The zero-order valence-corrected chi connectivity index (χ0v) is 14.5. The fourth-order valence-electron chi connectivity index (χ4n) is 2.76. The molecule has 126 valence electrons. The summed E-state index contributed by atoms with van der Waals surface area (Å²) in [6, 6.07) is 12.5. The first-order chi connectivity index (χ1) is 11.7. The van der Waals surface area contributed by atoms with Crippen LogP contribution in [0.1, 0.15) is 5.56 Å². The van der Waals surface area contributed by atoms with Gasteiger partial charge in [0.15, 0.2) is 0 Å². The molecule has 0 spiro atoms. The Morgan fingerprint density at radius 1 is 1.12 bits per heavy atom. The van der Waals surface area contributed by atoms with Gasteiger partial charge in [-0.1, -0.05) is 6.07 Å². The van der Waals surface area contributed by atoms with Gasteiger partial charge in [-0.3, -0.25) is 0 Å². The Balaban J connectivity index is 1.63. The summed E-state index contributed by atoms with van der Waals surface area (Å²) in [5, 5.41) is 3.28. The molecule has 0 aliphatic carbocycles. The van der Waals surface area contributed by atoms with E-state index in [0.29, 0.717) is 0 Å². The van der Waals surface area contributed by atoms with Crippen molar-refractivity contribution in [2.24, 2.45) is 0 Å². The molecule has 0 unspecified atom stereocenters. The number of rotatable bonds is 6. The molecule has 0 fully saturated rings. The maximum atomic E-state index is 5.35. The van der Waals surface area contributed by atoms with Crippen LogP contribution in [0.2, 0.25) is 0 Å². The van der Waals surface area contributed by atoms with Gasteiger partial charge in [0, 0.05) is 57.4 Å². The Hall–Kier alpha value is -2.69. The fraction of sp³-hybridized carbons (Fsp3) is 0.316. The molecule has 1 aromatic heterocycles. The first-order valence-electron chi connectivity index (χ1n) is 8.13. The van der Waals surface area contributed by atoms with Crippen molar-refractivity contribution in [2.75, 3.05) is 49.4 Å². The highest BCUT2D eigenvalue weighted by atomic mass is 16.5. The van der Waals surface area contributed by atoms with Gasteiger partial charge in [0.1, 0.15) is 11.6 Å². The number of pyridine rings is 1. The Morgan fingerprint density at radius 3 is 2.71 bits per heavy atom. The van der Waals surface area contributed by atoms with Gasteiger partial charge in [0.2, 0.25) is 0 Å². The third kappa shape index (κ3) is 3.62. The second kappa shape index (κ2) is 7.25. The van der Waals surface area contributed by atoms with Crippen molar-refractivity contribution >= 4 is 17.2 Å². The van der Waals surface area contributed by atoms with Gasteiger partial charge in [0.05, 0.1) is 7.11 Å². The number of benzene rings is 1. The topological polar surface area (TPSA) is 40.6 Å². The lowest BCUT2D eigenvalue weighted by Gasteiger charge is -2.26. The summed E-state index contributed by atoms with van der Waals surface area (Å²) < 4.78 is 5.35. The van der Waals surface area contributed by atoms with E-state index >= 15 is 0 Å². The van der Waals surface area contributed by atoms with Crippen LogP contribution >= 0.6 is 0 Å². The Morgan fingerprint density at radius 2 is 1.96 bits per heavy atom. The lowest BCUT2D eigenvalue weighted by atomic mass is 10.0. The van der Waals surface area contributed by atoms with Crippen molar-refractivity contribution in [1.82, 2.24) is 4.98 Å². The van der Waals surface area contributed by atoms with Crippen LogP contribution in [0.3, 0.4) is 0 Å². The highest BCUT2D eigenvalue weighted by Crippen LogP contribution is 2.28. The molecule has 1 aromatic carbocycles. The summed E-state index contributed by atoms with van der Waals surface area (Å²) in [6.07, 6.45) is 4.58. The predicted octanol–water partition coefficient (Wildman–Crippen LogP) is 3.11. The van der Waals surface area contributed by atoms with Crippen LogP contribution < -0.4 is 15.1 Å². The molecular weight excluding hydrogens is 300 g/mol. The summed E-state index contributed by atoms with van der Waals surface area (Å²) >= 11 is 0. The van der Waals surface area contributed by atoms with Crippen LogP contribution in [0.5, 0.6) is 0 Å². The number of anilines is 3. The standard InChI is InChI=1S/C19H24N4O/c1-22(10-11-23(2)19-6-4-5-9-20-19)16-7-8-18-15(12-16)13-17(24-3)14-21-18/h4-9,12,14,21H,10-11,13H2,1-3H3. The molecule has 0 bridgehead atoms. The van der Waals surface area contributed by atoms with Crippen LogP contribution in [-0.2, 0) is 11.2 Å². The molecule has 0 saturated carbocycles. The highest BCUT2D eigenvalue weighted by molar-refractivity contribution is 5.64. The van der Waals surface area contributed by atoms with Gasteiger partial charge in [-0.25, -0.2) is 4.98 Å². The summed E-state index contributed by atoms with van der Waals surface area (Å²) in [5.41, 5.74) is 3.62. The monoisotopic (exact) mass is 324 g/mol. The maximum Gasteiger partial charge on any atom is 0.128 e. The number of fused-ring (bicyclic) bond motifs is 1. The first kappa shape index (κ1) is 16.2. The molecule has 0 amide bonds. The summed E-state index contributed by atoms with van der Waals surface area (Å²) in [6.45, 7) is 1.83. The number of methoxy groups -OCH3 is 1. The molecule has 1 N–H and O–H groups in total. The van der Waals surface area contributed by atoms with E-state index in [1.807, 2.05) is 30.6 Å². The van der Waals surface area contributed by atoms with Crippen molar-refractivity contribution in [3.8, 4) is 0 Å². The predicted molar refractivity (Wildman–Crippen MR) is 99.6 cm³/mol. The van der Waals surface area contributed by atoms with Crippen LogP contribution in [0, 0.1) is 0 Å². The number of nitrogens with zero attached hydrogens (tertiary/aromatic N) is 3. The number of hydrogen-bond donors (Lipinski definition) is 1. The molecule has 5 nitrogen and oxygen atoms in total. The third-order valence-electron chi connectivity index (χ3n) is 4.36. The highest BCUT2D eigenvalue weighted by Gasteiger charge is 2.13. The van der Waals surface area contributed by atoms with Crippen LogP contribution in [0.15, 0.2) is 54.6 Å². The van der Waals surface area contributed by atoms with E-state index in [1.165, 1.54) is 11.3 Å². The summed E-state index contributed by atoms with van der Waals surface area (Å²) in [4.78, 5) is 8.82. The van der Waals surface area contributed by atoms with Gasteiger partial charge in [-0.05, 0) is 35.9 Å². The SMILES string of the molecule is COC1=CNc2ccc(N(C)CCN(C)c3ccccn3)cc2C1. The number of likely N-dealkylation sites (N-methyl/N-ethyl adjacent to an activating group) is 2. The van der Waals surface area contributed by atoms with Crippen molar-refractivity contribution in [3.63, 3.8) is 0 Å². The Bertz CT molecular complexity index is 715. The summed E-state index contributed by atoms with van der Waals surface area (Å²) in [7, 11) is 5.90. The zero-order chi connectivity index (χ0) is 16.9. The van der Waals surface area contributed by atoms with Gasteiger partial charge in [-0.2, -0.15) is 0 Å². The Kier molecular flexibility index (Phi) is 4.89. The van der Waals surface area contributed by atoms with Crippen molar-refractivity contribution in [1.29, 1.82) is 0 Å². The smallest absolute Gasteiger partial charge is 0.128 e. The molecule has 0 atom stereocenters. The fourth-order valence-corrected chi connectivity index (χ4v) is 2.76. The molecule has 1 aliphatic rings. The van der Waals surface area contributed by atoms with E-state index < -0.39 is 0 Å². The average Bonchev–Trinajstić information content (AvgIpc) is 2.65. The molecule has 2 heterocycles. The molecule has 24 heavy (non-hydrogen) atoms. The third-order valence-corrected chi connectivity index (χ3v) is 4.36. The Labute approximate surface area is 143 Å². The molecule has 5 heteroatoms. The molecule has 0 radical (unpaired) electrons. The molecule has 2 aromatic rings. The minimum Gasteiger partial charge on any atom is -0.499 e. The minimum absolute atomic E-state index is 0.828. The van der Waals surface area contributed by atoms with E-state index in [1.54, 1.807) is 7.11 Å². The number of nitrogens with one attached hydrogen (secondary N) is 1. The van der Waals surface area contributed by atoms with Crippen molar-refractivity contribution < 1.29 is 4.74 Å². The van der Waals surface area contributed by atoms with E-state index in [9.17, 15) is 0 Å². The summed E-state index contributed by atoms with van der Waals surface area (Å²) in [5.74, 6) is 1.95. The van der Waals surface area contributed by atoms with Crippen LogP contribution in [0.4, 0.5) is 17.2 Å². The van der Waals surface area contributed by atoms with E-state index in [2.05, 4.69) is 52.4 Å². The van der Waals surface area contributed by atoms with E-state index in [0.717, 1.165) is 36.8 Å². The van der Waals surface area contributed by atoms with Gasteiger partial charge < -0.3 is 19.9 Å². The lowest BCUT2D eigenvalue weighted by molar-refractivity contribution is 0.282.